The van der Waals surface area contributed by atoms with Crippen LogP contribution in [0.15, 0.2) is 10.3 Å². The van der Waals surface area contributed by atoms with Crippen LogP contribution >= 0.6 is 31.4 Å². The van der Waals surface area contributed by atoms with Gasteiger partial charge in [-0.05, 0) is 0 Å². The van der Waals surface area contributed by atoms with Crippen molar-refractivity contribution in [3.8, 4) is 17.6 Å². The summed E-state index contributed by atoms with van der Waals surface area (Å²) in [6, 6.07) is 0. The number of ether oxygens (including phenoxy) is 1. The van der Waals surface area contributed by atoms with Gasteiger partial charge < -0.3 is 0 Å². The molecule has 1 atom stereocenters. The Morgan fingerprint density at radius 2 is 2.11 bits per heavy atom. The van der Waals surface area contributed by atoms with Gasteiger partial charge in [-0.1, -0.05) is 0 Å². The number of nitrogens with two attached hydrogens (primary N) is 1. The van der Waals surface area contributed by atoms with E-state index in [1.54, 1.807) is 14.0 Å². The van der Waals surface area contributed by atoms with Gasteiger partial charge >= 0.3 is 177 Å². The minimum atomic E-state index is -1.93. The predicted octanol–water partition coefficient (Wildman–Crippen LogP) is 3.74. The molecule has 0 aliphatic carbocycles. The van der Waals surface area contributed by atoms with Gasteiger partial charge in [0.05, 0.1) is 0 Å². The van der Waals surface area contributed by atoms with E-state index >= 15 is 0 Å². The number of aliphatic hydroxyl groups is 1. The number of nitrogens with zero attached hydrogens (tertiary/aromatic N) is 3. The van der Waals surface area contributed by atoms with E-state index < -0.39 is 25.9 Å². The van der Waals surface area contributed by atoms with Gasteiger partial charge in [-0.2, -0.15) is 0 Å². The fourth-order valence-electron chi connectivity index (χ4n) is 2.89. The number of alkyl halides is 1. The summed E-state index contributed by atoms with van der Waals surface area (Å²) in [5.74, 6) is 7.17. The standard InChI is InChI=1S/C20H22ClIN4O2/c1-11-10-24-15(13(3)17(11)28-4)9-22-8-14(7-5-6-12(2)27)16-18(21)25-20(23)26-19(16)22/h8,10,12,27H,6,9H2,1-4H3,(H2,23,25,26). The second-order valence-corrected chi connectivity index (χ2v) is 11.5. The molecule has 6 nitrogen and oxygen atoms in total. The first-order valence-corrected chi connectivity index (χ1v) is 12.9. The van der Waals surface area contributed by atoms with Gasteiger partial charge in [0, 0.05) is 0 Å². The number of methoxy groups -OCH3 is 1. The van der Waals surface area contributed by atoms with Crippen LogP contribution in [-0.4, -0.2) is 33.3 Å². The number of anilines is 1. The minimum absolute atomic E-state index is 0.170. The van der Waals surface area contributed by atoms with E-state index in [1.165, 1.54) is 0 Å². The summed E-state index contributed by atoms with van der Waals surface area (Å²) < 4.78 is 9.39. The van der Waals surface area contributed by atoms with Crippen LogP contribution in [-0.2, 0) is 4.43 Å². The average molecular weight is 513 g/mol. The van der Waals surface area contributed by atoms with Crippen LogP contribution in [0.5, 0.6) is 5.75 Å². The Labute approximate surface area is 177 Å². The van der Waals surface area contributed by atoms with Crippen molar-refractivity contribution in [2.75, 3.05) is 12.8 Å². The Morgan fingerprint density at radius 1 is 1.36 bits per heavy atom. The molecule has 0 saturated heterocycles. The van der Waals surface area contributed by atoms with E-state index in [-0.39, 0.29) is 5.95 Å². The number of nitrogen functional groups attached to an aromatic ring is 1. The molecule has 0 bridgehead atoms. The van der Waals surface area contributed by atoms with Crippen LogP contribution in [0.25, 0.3) is 5.57 Å². The summed E-state index contributed by atoms with van der Waals surface area (Å²) in [6.45, 7) is 5.71. The average Bonchev–Trinajstić information content (AvgIpc) is 2.95. The third-order valence-electron chi connectivity index (χ3n) is 4.22. The van der Waals surface area contributed by atoms with E-state index in [4.69, 9.17) is 22.1 Å². The second kappa shape index (κ2) is 8.64. The number of hydrogen-bond donors (Lipinski definition) is 2. The maximum atomic E-state index is 9.46. The Kier molecular flexibility index (Phi) is 6.43. The van der Waals surface area contributed by atoms with Crippen molar-refractivity contribution in [2.45, 2.75) is 37.7 Å². The molecule has 0 amide bonds. The summed E-state index contributed by atoms with van der Waals surface area (Å²) in [4.78, 5) is 13.2. The SMILES string of the molecule is COc1c(C)cnc(CI2C=C(C#CCC(C)O)c3c(Cl)nc(N)nc32)c1C. The Morgan fingerprint density at radius 3 is 2.79 bits per heavy atom. The van der Waals surface area contributed by atoms with Crippen molar-refractivity contribution in [1.82, 2.24) is 15.0 Å². The summed E-state index contributed by atoms with van der Waals surface area (Å²) in [7, 11) is 1.67. The molecule has 2 aromatic heterocycles. The molecule has 0 saturated carbocycles. The zero-order valence-electron chi connectivity index (χ0n) is 16.2. The van der Waals surface area contributed by atoms with Gasteiger partial charge in [0.15, 0.2) is 0 Å². The van der Waals surface area contributed by atoms with Gasteiger partial charge in [-0.25, -0.2) is 0 Å². The number of halogens is 2. The maximum absolute atomic E-state index is 9.46. The van der Waals surface area contributed by atoms with Crippen molar-refractivity contribution < 1.29 is 9.84 Å². The zero-order chi connectivity index (χ0) is 20.4. The molecule has 1 aliphatic rings. The summed E-state index contributed by atoms with van der Waals surface area (Å²) in [5, 5.41) is 9.79. The molecule has 0 aromatic carbocycles. The van der Waals surface area contributed by atoms with Crippen LogP contribution < -0.4 is 10.5 Å². The molecule has 0 spiro atoms. The molecule has 0 radical (unpaired) electrons. The molecule has 1 unspecified atom stereocenters. The van der Waals surface area contributed by atoms with E-state index in [1.807, 2.05) is 20.0 Å². The normalized spacial score (nSPS) is 14.8. The molecule has 1 aliphatic heterocycles. The van der Waals surface area contributed by atoms with Crippen LogP contribution in [0, 0.1) is 29.4 Å². The molecule has 3 rings (SSSR count). The Bertz CT molecular complexity index is 1010. The van der Waals surface area contributed by atoms with Crippen molar-refractivity contribution in [3.05, 3.63) is 41.5 Å². The molecule has 8 heteroatoms. The van der Waals surface area contributed by atoms with Crippen molar-refractivity contribution >= 4 is 42.9 Å². The molecule has 2 aromatic rings. The molecule has 3 heterocycles. The zero-order valence-corrected chi connectivity index (χ0v) is 19.1. The number of fused-ring (bicyclic) bond motifs is 1. The van der Waals surface area contributed by atoms with Crippen molar-refractivity contribution in [1.29, 1.82) is 0 Å². The van der Waals surface area contributed by atoms with E-state index in [9.17, 15) is 5.11 Å². The summed E-state index contributed by atoms with van der Waals surface area (Å²) in [6.07, 6.45) is 1.75. The van der Waals surface area contributed by atoms with Gasteiger partial charge in [0.2, 0.25) is 0 Å². The van der Waals surface area contributed by atoms with Crippen LogP contribution in [0.4, 0.5) is 5.95 Å². The quantitative estimate of drug-likeness (QED) is 0.281. The van der Waals surface area contributed by atoms with Crippen molar-refractivity contribution in [3.63, 3.8) is 0 Å². The van der Waals surface area contributed by atoms with Crippen LogP contribution in [0.1, 0.15) is 35.7 Å². The molecular formula is C20H22ClIN4O2. The van der Waals surface area contributed by atoms with Crippen molar-refractivity contribution in [2.24, 2.45) is 0 Å². The van der Waals surface area contributed by atoms with E-state index in [0.29, 0.717) is 11.6 Å². The first-order valence-electron chi connectivity index (χ1n) is 8.67. The van der Waals surface area contributed by atoms with Gasteiger partial charge in [-0.3, -0.25) is 0 Å². The molecule has 148 valence electrons. The Hall–Kier alpha value is -1.89. The first-order chi connectivity index (χ1) is 13.3. The Balaban J connectivity index is 2.02. The van der Waals surface area contributed by atoms with Crippen LogP contribution in [0.3, 0.4) is 0 Å². The fraction of sp³-hybridized carbons (Fsp3) is 0.350. The molecule has 3 N–H and O–H groups in total. The number of pyridine rings is 1. The predicted molar refractivity (Wildman–Crippen MR) is 120 cm³/mol. The monoisotopic (exact) mass is 512 g/mol. The first kappa shape index (κ1) is 20.8. The second-order valence-electron chi connectivity index (χ2n) is 6.49. The summed E-state index contributed by atoms with van der Waals surface area (Å²) in [5.41, 5.74) is 10.5. The number of rotatable bonds is 4. The number of allylic oxidation sites excluding steroid dienone is 1. The molecular weight excluding hydrogens is 491 g/mol. The van der Waals surface area contributed by atoms with E-state index in [2.05, 4.69) is 30.9 Å². The number of aromatic nitrogens is 3. The van der Waals surface area contributed by atoms with Gasteiger partial charge in [0.25, 0.3) is 0 Å². The third-order valence-corrected chi connectivity index (χ3v) is 9.50. The van der Waals surface area contributed by atoms with E-state index in [0.717, 1.165) is 41.8 Å². The molecule has 0 fully saturated rings. The number of aryl methyl sites for hydroxylation is 1. The van der Waals surface area contributed by atoms with Crippen LogP contribution in [0.2, 0.25) is 5.15 Å². The molecule has 28 heavy (non-hydrogen) atoms. The fourth-order valence-corrected chi connectivity index (χ4v) is 8.76. The topological polar surface area (TPSA) is 94.2 Å². The third kappa shape index (κ3) is 4.24. The van der Waals surface area contributed by atoms with Gasteiger partial charge in [-0.15, -0.1) is 0 Å². The number of aliphatic hydroxyl groups excluding tert-OH is 1. The number of hydrogen-bond acceptors (Lipinski definition) is 6. The summed E-state index contributed by atoms with van der Waals surface area (Å²) >= 11 is 4.45. The van der Waals surface area contributed by atoms with Gasteiger partial charge in [0.1, 0.15) is 0 Å².